The number of hydrogen-bond donors (Lipinski definition) is 1. The van der Waals surface area contributed by atoms with Gasteiger partial charge >= 0.3 is 0 Å². The normalized spacial score (nSPS) is 14.4. The minimum atomic E-state index is 0.606. The molecule has 2 rings (SSSR count). The Bertz CT molecular complexity index is 499. The van der Waals surface area contributed by atoms with Crippen molar-refractivity contribution in [3.8, 4) is 0 Å². The van der Waals surface area contributed by atoms with Gasteiger partial charge in [0.15, 0.2) is 0 Å². The minimum Gasteiger partial charge on any atom is -0.384 e. The van der Waals surface area contributed by atoms with Gasteiger partial charge in [-0.1, -0.05) is 27.7 Å². The van der Waals surface area contributed by atoms with Crippen molar-refractivity contribution in [2.75, 3.05) is 74.6 Å². The molecule has 1 aliphatic rings. The van der Waals surface area contributed by atoms with Crippen molar-refractivity contribution in [3.63, 3.8) is 0 Å². The van der Waals surface area contributed by atoms with Gasteiger partial charge in [0.25, 0.3) is 0 Å². The van der Waals surface area contributed by atoms with E-state index in [0.29, 0.717) is 5.82 Å². The topological polar surface area (TPSA) is 57.9 Å². The maximum atomic E-state index is 6.13. The van der Waals surface area contributed by atoms with Crippen molar-refractivity contribution in [2.45, 2.75) is 47.5 Å². The van der Waals surface area contributed by atoms with Crippen molar-refractivity contribution < 1.29 is 4.74 Å². The first kappa shape index (κ1) is 23.5. The van der Waals surface area contributed by atoms with Crippen LogP contribution in [0, 0.1) is 0 Å². The van der Waals surface area contributed by atoms with E-state index in [0.717, 1.165) is 77.7 Å². The smallest absolute Gasteiger partial charge is 0.133 e. The summed E-state index contributed by atoms with van der Waals surface area (Å²) in [5, 5.41) is 0. The first-order valence-electron chi connectivity index (χ1n) is 10.8. The Morgan fingerprint density at radius 1 is 1.00 bits per heavy atom. The van der Waals surface area contributed by atoms with E-state index in [2.05, 4.69) is 46.5 Å². The fourth-order valence-corrected chi connectivity index (χ4v) is 3.30. The van der Waals surface area contributed by atoms with Crippen molar-refractivity contribution in [1.29, 1.82) is 0 Å². The SMILES string of the molecule is CC.CCCN(CCC)c1cc(N)nc(N(CC)CCN2CCOCC2)c1. The Morgan fingerprint density at radius 3 is 2.19 bits per heavy atom. The Balaban J connectivity index is 0.00000176. The molecule has 1 saturated heterocycles. The lowest BCUT2D eigenvalue weighted by molar-refractivity contribution is 0.0392. The molecule has 2 N–H and O–H groups in total. The molecule has 6 heteroatoms. The summed E-state index contributed by atoms with van der Waals surface area (Å²) in [6, 6.07) is 4.20. The van der Waals surface area contributed by atoms with Gasteiger partial charge in [-0.2, -0.15) is 0 Å². The van der Waals surface area contributed by atoms with E-state index in [-0.39, 0.29) is 0 Å². The van der Waals surface area contributed by atoms with Gasteiger partial charge < -0.3 is 20.3 Å². The first-order chi connectivity index (χ1) is 13.2. The number of morpholine rings is 1. The first-order valence-corrected chi connectivity index (χ1v) is 10.8. The summed E-state index contributed by atoms with van der Waals surface area (Å²) in [7, 11) is 0. The second-order valence-electron chi connectivity index (χ2n) is 6.63. The largest absolute Gasteiger partial charge is 0.384 e. The lowest BCUT2D eigenvalue weighted by Crippen LogP contribution is -2.41. The van der Waals surface area contributed by atoms with Gasteiger partial charge in [-0.05, 0) is 19.8 Å². The molecule has 0 unspecified atom stereocenters. The molecule has 27 heavy (non-hydrogen) atoms. The van der Waals surface area contributed by atoms with E-state index < -0.39 is 0 Å². The molecule has 1 aromatic rings. The summed E-state index contributed by atoms with van der Waals surface area (Å²) in [6.45, 7) is 19.4. The van der Waals surface area contributed by atoms with Crippen LogP contribution in [0.1, 0.15) is 47.5 Å². The van der Waals surface area contributed by atoms with Crippen molar-refractivity contribution in [3.05, 3.63) is 12.1 Å². The second-order valence-corrected chi connectivity index (χ2v) is 6.63. The van der Waals surface area contributed by atoms with E-state index >= 15 is 0 Å². The third-order valence-corrected chi connectivity index (χ3v) is 4.66. The summed E-state index contributed by atoms with van der Waals surface area (Å²) in [4.78, 5) is 11.8. The lowest BCUT2D eigenvalue weighted by Gasteiger charge is -2.31. The number of likely N-dealkylation sites (N-methyl/N-ethyl adjacent to an activating group) is 1. The van der Waals surface area contributed by atoms with Crippen LogP contribution in [-0.4, -0.2) is 68.9 Å². The third kappa shape index (κ3) is 7.93. The molecule has 0 saturated carbocycles. The molecule has 0 aliphatic carbocycles. The number of anilines is 3. The monoisotopic (exact) mass is 379 g/mol. The molecule has 0 aromatic carbocycles. The van der Waals surface area contributed by atoms with E-state index in [1.165, 1.54) is 5.69 Å². The summed E-state index contributed by atoms with van der Waals surface area (Å²) in [5.41, 5.74) is 7.32. The summed E-state index contributed by atoms with van der Waals surface area (Å²) in [5.74, 6) is 1.59. The van der Waals surface area contributed by atoms with Gasteiger partial charge in [0.1, 0.15) is 11.6 Å². The Labute approximate surface area is 166 Å². The molecule has 0 amide bonds. The zero-order valence-corrected chi connectivity index (χ0v) is 18.2. The maximum absolute atomic E-state index is 6.13. The quantitative estimate of drug-likeness (QED) is 0.672. The average molecular weight is 380 g/mol. The Kier molecular flexibility index (Phi) is 11.9. The molecule has 2 heterocycles. The van der Waals surface area contributed by atoms with Crippen molar-refractivity contribution >= 4 is 17.3 Å². The van der Waals surface area contributed by atoms with Crippen molar-refractivity contribution in [1.82, 2.24) is 9.88 Å². The van der Waals surface area contributed by atoms with E-state index in [4.69, 9.17) is 10.5 Å². The fraction of sp³-hybridized carbons (Fsp3) is 0.762. The zero-order valence-electron chi connectivity index (χ0n) is 18.2. The number of nitrogen functional groups attached to an aromatic ring is 1. The lowest BCUT2D eigenvalue weighted by atomic mass is 10.2. The second kappa shape index (κ2) is 13.6. The highest BCUT2D eigenvalue weighted by atomic mass is 16.5. The molecule has 1 aromatic heterocycles. The van der Waals surface area contributed by atoms with Gasteiger partial charge in [0, 0.05) is 63.6 Å². The highest BCUT2D eigenvalue weighted by Gasteiger charge is 2.15. The van der Waals surface area contributed by atoms with Crippen LogP contribution in [0.15, 0.2) is 12.1 Å². The molecule has 1 fully saturated rings. The van der Waals surface area contributed by atoms with E-state index in [1.807, 2.05) is 19.9 Å². The zero-order chi connectivity index (χ0) is 20.1. The standard InChI is InChI=1S/C19H35N5O.C2H6/c1-4-7-24(8-5-2)17-15-18(20)21-19(16-17)23(6-3)10-9-22-11-13-25-14-12-22;1-2/h15-16H,4-14H2,1-3H3,(H2,20,21);1-2H3. The van der Waals surface area contributed by atoms with Crippen LogP contribution in [-0.2, 0) is 4.74 Å². The molecule has 1 aliphatic heterocycles. The van der Waals surface area contributed by atoms with Gasteiger partial charge in [-0.25, -0.2) is 4.98 Å². The van der Waals surface area contributed by atoms with Crippen LogP contribution in [0.2, 0.25) is 0 Å². The molecular formula is C21H41N5O. The number of pyridine rings is 1. The molecule has 0 atom stereocenters. The summed E-state index contributed by atoms with van der Waals surface area (Å²) in [6.07, 6.45) is 2.26. The fourth-order valence-electron chi connectivity index (χ4n) is 3.30. The van der Waals surface area contributed by atoms with Crippen LogP contribution in [0.3, 0.4) is 0 Å². The maximum Gasteiger partial charge on any atom is 0.133 e. The summed E-state index contributed by atoms with van der Waals surface area (Å²) >= 11 is 0. The number of hydrogen-bond acceptors (Lipinski definition) is 6. The van der Waals surface area contributed by atoms with E-state index in [9.17, 15) is 0 Å². The van der Waals surface area contributed by atoms with Crippen LogP contribution < -0.4 is 15.5 Å². The van der Waals surface area contributed by atoms with Gasteiger partial charge in [-0.3, -0.25) is 4.90 Å². The third-order valence-electron chi connectivity index (χ3n) is 4.66. The molecule has 6 nitrogen and oxygen atoms in total. The van der Waals surface area contributed by atoms with Gasteiger partial charge in [0.05, 0.1) is 13.2 Å². The van der Waals surface area contributed by atoms with Gasteiger partial charge in [0.2, 0.25) is 0 Å². The minimum absolute atomic E-state index is 0.606. The van der Waals surface area contributed by atoms with Crippen LogP contribution in [0.5, 0.6) is 0 Å². The van der Waals surface area contributed by atoms with E-state index in [1.54, 1.807) is 0 Å². The van der Waals surface area contributed by atoms with Crippen LogP contribution >= 0.6 is 0 Å². The molecule has 0 radical (unpaired) electrons. The number of ether oxygens (including phenoxy) is 1. The highest BCUT2D eigenvalue weighted by molar-refractivity contribution is 5.61. The number of rotatable bonds is 10. The van der Waals surface area contributed by atoms with Crippen LogP contribution in [0.4, 0.5) is 17.3 Å². The number of nitrogens with two attached hydrogens (primary N) is 1. The molecular weight excluding hydrogens is 338 g/mol. The van der Waals surface area contributed by atoms with Gasteiger partial charge in [-0.15, -0.1) is 0 Å². The molecule has 156 valence electrons. The average Bonchev–Trinajstić information content (AvgIpc) is 2.70. The summed E-state index contributed by atoms with van der Waals surface area (Å²) < 4.78 is 5.43. The Morgan fingerprint density at radius 2 is 1.63 bits per heavy atom. The molecule has 0 spiro atoms. The van der Waals surface area contributed by atoms with Crippen LogP contribution in [0.25, 0.3) is 0 Å². The molecule has 0 bridgehead atoms. The van der Waals surface area contributed by atoms with Crippen molar-refractivity contribution in [2.24, 2.45) is 0 Å². The number of aromatic nitrogens is 1. The predicted molar refractivity (Wildman–Crippen MR) is 118 cm³/mol. The Hall–Kier alpha value is -1.53. The predicted octanol–water partition coefficient (Wildman–Crippen LogP) is 3.47. The highest BCUT2D eigenvalue weighted by Crippen LogP contribution is 2.24. The number of nitrogens with zero attached hydrogens (tertiary/aromatic N) is 4.